The molecule has 0 aromatic rings. The molecule has 3 nitrogen and oxygen atoms in total. The van der Waals surface area contributed by atoms with Gasteiger partial charge in [-0.3, -0.25) is 0 Å². The van der Waals surface area contributed by atoms with Crippen LogP contribution < -0.4 is 0 Å². The van der Waals surface area contributed by atoms with Crippen molar-refractivity contribution < 1.29 is 22.7 Å². The molecule has 0 radical (unpaired) electrons. The van der Waals surface area contributed by atoms with Gasteiger partial charge in [-0.05, 0) is 18.8 Å². The third-order valence-corrected chi connectivity index (χ3v) is 5.05. The minimum absolute atomic E-state index is 0.204. The Kier molecular flexibility index (Phi) is 37.9. The second kappa shape index (κ2) is 32.1. The second-order valence-corrected chi connectivity index (χ2v) is 7.93. The van der Waals surface area contributed by atoms with Crippen LogP contribution in [-0.2, 0) is 9.57 Å². The first-order valence-electron chi connectivity index (χ1n) is 14.2. The maximum atomic E-state index is 10.8. The molecule has 0 fully saturated rings. The first-order valence-corrected chi connectivity index (χ1v) is 14.2. The van der Waals surface area contributed by atoms with E-state index in [1.807, 2.05) is 27.7 Å². The van der Waals surface area contributed by atoms with Gasteiger partial charge in [0.2, 0.25) is 5.90 Å². The summed E-state index contributed by atoms with van der Waals surface area (Å²) in [4.78, 5) is 5.24. The van der Waals surface area contributed by atoms with Crippen LogP contribution in [0.4, 0.5) is 13.2 Å². The standard InChI is InChI=1S/C15H29NO2.C6H14.C3H5F3.2C2H6/c1-4-7-8-9-10-13(5-2)11-15-16-17-12-14(6-3)18-15;1-3-5-6-4-2;1-2-3(4,5)6;2*1-2/h13-14H,4-12H2,1-3H3;3-6H2,1-2H3;2H2,1H3;2*1-2H3. The van der Waals surface area contributed by atoms with E-state index in [4.69, 9.17) is 9.57 Å². The Morgan fingerprint density at radius 3 is 1.68 bits per heavy atom. The van der Waals surface area contributed by atoms with E-state index in [1.54, 1.807) is 0 Å². The van der Waals surface area contributed by atoms with Crippen molar-refractivity contribution in [3.8, 4) is 0 Å². The zero-order valence-electron chi connectivity index (χ0n) is 24.5. The monoisotopic (exact) mass is 499 g/mol. The van der Waals surface area contributed by atoms with Gasteiger partial charge in [-0.15, -0.1) is 0 Å². The van der Waals surface area contributed by atoms with Crippen molar-refractivity contribution in [1.82, 2.24) is 0 Å². The second-order valence-electron chi connectivity index (χ2n) is 7.93. The number of nitrogens with zero attached hydrogens (tertiary/aromatic N) is 1. The maximum absolute atomic E-state index is 10.8. The molecule has 0 N–H and O–H groups in total. The predicted molar refractivity (Wildman–Crippen MR) is 145 cm³/mol. The van der Waals surface area contributed by atoms with E-state index < -0.39 is 12.6 Å². The molecule has 2 atom stereocenters. The van der Waals surface area contributed by atoms with E-state index in [-0.39, 0.29) is 6.10 Å². The molecule has 1 aliphatic rings. The summed E-state index contributed by atoms with van der Waals surface area (Å²) in [5.41, 5.74) is 0. The Labute approximate surface area is 211 Å². The average molecular weight is 500 g/mol. The van der Waals surface area contributed by atoms with Gasteiger partial charge < -0.3 is 9.57 Å². The number of ether oxygens (including phenoxy) is 1. The topological polar surface area (TPSA) is 30.8 Å². The molecule has 0 bridgehead atoms. The van der Waals surface area contributed by atoms with Crippen LogP contribution in [0.25, 0.3) is 0 Å². The van der Waals surface area contributed by atoms with Crippen LogP contribution >= 0.6 is 0 Å². The zero-order chi connectivity index (χ0) is 27.3. The van der Waals surface area contributed by atoms with Crippen molar-refractivity contribution in [2.75, 3.05) is 6.61 Å². The fraction of sp³-hybridized carbons (Fsp3) is 0.964. The van der Waals surface area contributed by atoms with Crippen LogP contribution in [0.5, 0.6) is 0 Å². The molecular formula is C28H60F3NO2. The lowest BCUT2D eigenvalue weighted by Gasteiger charge is -2.24. The summed E-state index contributed by atoms with van der Waals surface area (Å²) < 4.78 is 38.2. The van der Waals surface area contributed by atoms with E-state index in [1.165, 1.54) is 64.2 Å². The number of hydrogen-bond donors (Lipinski definition) is 0. The molecule has 0 aliphatic carbocycles. The summed E-state index contributed by atoms with van der Waals surface area (Å²) in [5.74, 6) is 1.51. The van der Waals surface area contributed by atoms with Crippen LogP contribution in [0, 0.1) is 5.92 Å². The normalized spacial score (nSPS) is 15.1. The van der Waals surface area contributed by atoms with Gasteiger partial charge in [-0.2, -0.15) is 13.2 Å². The predicted octanol–water partition coefficient (Wildman–Crippen LogP) is 11.1. The van der Waals surface area contributed by atoms with Crippen molar-refractivity contribution in [1.29, 1.82) is 0 Å². The summed E-state index contributed by atoms with van der Waals surface area (Å²) in [6.07, 6.45) is 10.8. The molecule has 0 saturated heterocycles. The van der Waals surface area contributed by atoms with Crippen LogP contribution in [0.1, 0.15) is 153 Å². The van der Waals surface area contributed by atoms with Gasteiger partial charge in [0.15, 0.2) is 6.61 Å². The van der Waals surface area contributed by atoms with Crippen molar-refractivity contribution in [3.63, 3.8) is 0 Å². The van der Waals surface area contributed by atoms with Gasteiger partial charge >= 0.3 is 6.18 Å². The summed E-state index contributed by atoms with van der Waals surface area (Å²) in [6.45, 7) is 20.8. The molecule has 1 heterocycles. The van der Waals surface area contributed by atoms with Gasteiger partial charge in [-0.1, -0.05) is 132 Å². The van der Waals surface area contributed by atoms with Crippen molar-refractivity contribution in [2.24, 2.45) is 11.1 Å². The number of halogens is 3. The Morgan fingerprint density at radius 1 is 0.824 bits per heavy atom. The molecule has 0 aromatic heterocycles. The van der Waals surface area contributed by atoms with E-state index in [0.29, 0.717) is 12.5 Å². The van der Waals surface area contributed by atoms with Gasteiger partial charge in [0, 0.05) is 12.8 Å². The first kappa shape index (κ1) is 40.2. The van der Waals surface area contributed by atoms with Gasteiger partial charge in [0.05, 0.1) is 0 Å². The lowest BCUT2D eigenvalue weighted by Crippen LogP contribution is -2.28. The molecule has 1 aliphatic heterocycles. The highest BCUT2D eigenvalue weighted by Crippen LogP contribution is 2.21. The minimum atomic E-state index is -3.96. The molecule has 0 spiro atoms. The summed E-state index contributed by atoms with van der Waals surface area (Å²) in [6, 6.07) is 0. The molecule has 34 heavy (non-hydrogen) atoms. The van der Waals surface area contributed by atoms with E-state index in [9.17, 15) is 13.2 Å². The first-order chi connectivity index (χ1) is 16.3. The van der Waals surface area contributed by atoms with Crippen molar-refractivity contribution in [3.05, 3.63) is 0 Å². The van der Waals surface area contributed by atoms with Crippen molar-refractivity contribution in [2.45, 2.75) is 165 Å². The van der Waals surface area contributed by atoms with Gasteiger partial charge in [-0.25, -0.2) is 0 Å². The number of hydrogen-bond acceptors (Lipinski definition) is 3. The van der Waals surface area contributed by atoms with Gasteiger partial charge in [0.25, 0.3) is 0 Å². The number of alkyl halides is 3. The fourth-order valence-electron chi connectivity index (χ4n) is 2.78. The SMILES string of the molecule is CC.CC.CCC(F)(F)F.CCCCCC.CCCCCCC(CC)CC1=NOCC(CC)O1. The number of rotatable bonds is 12. The summed E-state index contributed by atoms with van der Waals surface area (Å²) in [5, 5.41) is 4.05. The summed E-state index contributed by atoms with van der Waals surface area (Å²) >= 11 is 0. The maximum Gasteiger partial charge on any atom is 0.388 e. The Morgan fingerprint density at radius 2 is 1.29 bits per heavy atom. The lowest BCUT2D eigenvalue weighted by molar-refractivity contribution is -0.130. The third-order valence-electron chi connectivity index (χ3n) is 5.05. The van der Waals surface area contributed by atoms with Crippen LogP contribution in [0.2, 0.25) is 0 Å². The Hall–Kier alpha value is -0.940. The van der Waals surface area contributed by atoms with Gasteiger partial charge in [0.1, 0.15) is 6.10 Å². The molecule has 0 amide bonds. The Bertz CT molecular complexity index is 384. The van der Waals surface area contributed by atoms with Crippen LogP contribution in [0.3, 0.4) is 0 Å². The zero-order valence-corrected chi connectivity index (χ0v) is 24.5. The molecular weight excluding hydrogens is 439 g/mol. The highest BCUT2D eigenvalue weighted by molar-refractivity contribution is 5.76. The lowest BCUT2D eigenvalue weighted by atomic mass is 9.95. The quantitative estimate of drug-likeness (QED) is 0.250. The molecule has 0 aromatic carbocycles. The average Bonchev–Trinajstić information content (AvgIpc) is 2.87. The van der Waals surface area contributed by atoms with E-state index in [0.717, 1.165) is 25.7 Å². The largest absolute Gasteiger partial charge is 0.472 e. The molecule has 6 heteroatoms. The minimum Gasteiger partial charge on any atom is -0.472 e. The molecule has 210 valence electrons. The highest BCUT2D eigenvalue weighted by atomic mass is 19.4. The van der Waals surface area contributed by atoms with Crippen molar-refractivity contribution >= 4 is 5.90 Å². The Balaban J connectivity index is -0.000000232. The van der Waals surface area contributed by atoms with E-state index in [2.05, 4.69) is 39.8 Å². The van der Waals surface area contributed by atoms with Crippen LogP contribution in [0.15, 0.2) is 5.16 Å². The number of oxime groups is 1. The third kappa shape index (κ3) is 33.2. The fourth-order valence-corrected chi connectivity index (χ4v) is 2.78. The van der Waals surface area contributed by atoms with Crippen LogP contribution in [-0.4, -0.2) is 24.8 Å². The summed E-state index contributed by atoms with van der Waals surface area (Å²) in [7, 11) is 0. The van der Waals surface area contributed by atoms with E-state index >= 15 is 0 Å². The molecule has 1 rings (SSSR count). The molecule has 2 unspecified atom stereocenters. The number of unbranched alkanes of at least 4 members (excludes halogenated alkanes) is 6. The smallest absolute Gasteiger partial charge is 0.388 e. The molecule has 0 saturated carbocycles. The highest BCUT2D eigenvalue weighted by Gasteiger charge is 2.22.